The van der Waals surface area contributed by atoms with Gasteiger partial charge in [0.15, 0.2) is 0 Å². The first-order valence-corrected chi connectivity index (χ1v) is 7.99. The maximum atomic E-state index is 12.6. The lowest BCUT2D eigenvalue weighted by Gasteiger charge is -2.25. The van der Waals surface area contributed by atoms with E-state index in [4.69, 9.17) is 11.6 Å². The Morgan fingerprint density at radius 1 is 1.41 bits per heavy atom. The number of hydrogen-bond acceptors (Lipinski definition) is 3. The zero-order valence-corrected chi connectivity index (χ0v) is 13.7. The first-order valence-electron chi connectivity index (χ1n) is 6.62. The molecule has 0 heterocycles. The largest absolute Gasteiger partial charge is 0.426 e. The van der Waals surface area contributed by atoms with Crippen LogP contribution in [0.25, 0.3) is 0 Å². The molecule has 0 unspecified atom stereocenters. The number of alkyl halides is 3. The summed E-state index contributed by atoms with van der Waals surface area (Å²) in [7, 11) is 0. The fraction of sp³-hybridized carbons (Fsp3) is 0.500. The molecule has 0 aromatic heterocycles. The maximum absolute atomic E-state index is 12.6. The number of carbonyl (C=O) groups excluding carboxylic acids is 1. The second-order valence-electron chi connectivity index (χ2n) is 4.87. The summed E-state index contributed by atoms with van der Waals surface area (Å²) in [4.78, 5) is 12.4. The second kappa shape index (κ2) is 7.57. The van der Waals surface area contributed by atoms with Crippen molar-refractivity contribution in [2.45, 2.75) is 43.4 Å². The van der Waals surface area contributed by atoms with Crippen molar-refractivity contribution >= 4 is 35.0 Å². The van der Waals surface area contributed by atoms with Crippen molar-refractivity contribution in [3.8, 4) is 0 Å². The van der Waals surface area contributed by atoms with Crippen LogP contribution in [0.1, 0.15) is 26.7 Å². The summed E-state index contributed by atoms with van der Waals surface area (Å²) >= 11 is 7.53. The number of benzene rings is 1. The van der Waals surface area contributed by atoms with E-state index in [-0.39, 0.29) is 10.7 Å². The van der Waals surface area contributed by atoms with Gasteiger partial charge in [0.1, 0.15) is 0 Å². The summed E-state index contributed by atoms with van der Waals surface area (Å²) in [5.74, 6) is -0.672. The van der Waals surface area contributed by atoms with Crippen molar-refractivity contribution in [2.24, 2.45) is 0 Å². The van der Waals surface area contributed by atoms with Crippen LogP contribution in [-0.2, 0) is 4.79 Å². The zero-order chi connectivity index (χ0) is 17.0. The Bertz CT molecular complexity index is 535. The van der Waals surface area contributed by atoms with E-state index in [9.17, 15) is 23.1 Å². The molecule has 0 aliphatic carbocycles. The van der Waals surface area contributed by atoms with Gasteiger partial charge in [0.25, 0.3) is 5.91 Å². The van der Waals surface area contributed by atoms with Crippen LogP contribution < -0.4 is 5.32 Å². The molecule has 0 saturated heterocycles. The lowest BCUT2D eigenvalue weighted by molar-refractivity contribution is -0.242. The van der Waals surface area contributed by atoms with E-state index in [0.29, 0.717) is 6.92 Å². The molecule has 0 aliphatic rings. The predicted molar refractivity (Wildman–Crippen MR) is 82.4 cm³/mol. The average molecular weight is 356 g/mol. The van der Waals surface area contributed by atoms with Crippen LogP contribution >= 0.6 is 23.4 Å². The lowest BCUT2D eigenvalue weighted by Crippen LogP contribution is -2.52. The van der Waals surface area contributed by atoms with Gasteiger partial charge in [-0.3, -0.25) is 4.79 Å². The number of anilines is 1. The van der Waals surface area contributed by atoms with Gasteiger partial charge in [-0.05, 0) is 37.3 Å². The topological polar surface area (TPSA) is 49.3 Å². The Kier molecular flexibility index (Phi) is 6.58. The highest BCUT2D eigenvalue weighted by molar-refractivity contribution is 7.99. The Hall–Kier alpha value is -0.920. The number of unbranched alkanes of at least 4 members (excludes halogenated alkanes) is 1. The number of halogens is 4. The van der Waals surface area contributed by atoms with Crippen LogP contribution in [0, 0.1) is 0 Å². The smallest absolute Gasteiger partial charge is 0.373 e. The molecule has 0 aliphatic heterocycles. The Balaban J connectivity index is 2.80. The standard InChI is InChI=1S/C14H17ClF3NO2S/c1-3-4-7-22-9-5-6-11(10(15)8-9)19-12(20)13(2,21)14(16,17)18/h5-6,8,21H,3-4,7H2,1-2H3,(H,19,20)/t13-/m1/s1. The first kappa shape index (κ1) is 19.1. The minimum absolute atomic E-state index is 0.0241. The number of amides is 1. The van der Waals surface area contributed by atoms with E-state index in [1.807, 2.05) is 5.32 Å². The molecule has 1 aromatic carbocycles. The van der Waals surface area contributed by atoms with Gasteiger partial charge in [-0.2, -0.15) is 13.2 Å². The number of aliphatic hydroxyl groups is 1. The Morgan fingerprint density at radius 2 is 2.05 bits per heavy atom. The second-order valence-corrected chi connectivity index (χ2v) is 6.44. The fourth-order valence-electron chi connectivity index (χ4n) is 1.39. The number of nitrogens with one attached hydrogen (secondary N) is 1. The third-order valence-electron chi connectivity index (χ3n) is 2.95. The van der Waals surface area contributed by atoms with Crippen molar-refractivity contribution in [3.63, 3.8) is 0 Å². The molecule has 0 radical (unpaired) electrons. The molecule has 3 nitrogen and oxygen atoms in total. The SMILES string of the molecule is CCCCSc1ccc(NC(=O)[C@@](C)(O)C(F)(F)F)c(Cl)c1. The summed E-state index contributed by atoms with van der Waals surface area (Å²) in [5, 5.41) is 11.4. The molecule has 1 amide bonds. The average Bonchev–Trinajstić information content (AvgIpc) is 2.40. The van der Waals surface area contributed by atoms with Gasteiger partial charge in [0.05, 0.1) is 10.7 Å². The van der Waals surface area contributed by atoms with Gasteiger partial charge >= 0.3 is 6.18 Å². The number of hydrogen-bond donors (Lipinski definition) is 2. The van der Waals surface area contributed by atoms with Crippen molar-refractivity contribution in [1.82, 2.24) is 0 Å². The summed E-state index contributed by atoms with van der Waals surface area (Å²) in [5.41, 5.74) is -3.46. The first-order chi connectivity index (χ1) is 10.1. The molecule has 0 spiro atoms. The van der Waals surface area contributed by atoms with E-state index in [2.05, 4.69) is 6.92 Å². The molecule has 124 valence electrons. The molecule has 0 saturated carbocycles. The van der Waals surface area contributed by atoms with Crippen LogP contribution in [0.3, 0.4) is 0 Å². The van der Waals surface area contributed by atoms with E-state index in [1.165, 1.54) is 6.07 Å². The third kappa shape index (κ3) is 4.79. The molecule has 8 heteroatoms. The summed E-state index contributed by atoms with van der Waals surface area (Å²) in [6.45, 7) is 2.46. The molecule has 2 N–H and O–H groups in total. The Labute approximate surface area is 136 Å². The number of rotatable bonds is 6. The van der Waals surface area contributed by atoms with E-state index < -0.39 is 17.7 Å². The summed E-state index contributed by atoms with van der Waals surface area (Å²) in [6, 6.07) is 4.64. The third-order valence-corrected chi connectivity index (χ3v) is 4.34. The van der Waals surface area contributed by atoms with E-state index >= 15 is 0 Å². The monoisotopic (exact) mass is 355 g/mol. The molecule has 0 fully saturated rings. The number of carbonyl (C=O) groups is 1. The van der Waals surface area contributed by atoms with Gasteiger partial charge in [0.2, 0.25) is 5.60 Å². The fourth-order valence-corrected chi connectivity index (χ4v) is 2.72. The highest BCUT2D eigenvalue weighted by Crippen LogP contribution is 2.33. The van der Waals surface area contributed by atoms with Crippen molar-refractivity contribution in [2.75, 3.05) is 11.1 Å². The summed E-state index contributed by atoms with van der Waals surface area (Å²) < 4.78 is 37.7. The molecule has 22 heavy (non-hydrogen) atoms. The minimum Gasteiger partial charge on any atom is -0.373 e. The summed E-state index contributed by atoms with van der Waals surface area (Å²) in [6.07, 6.45) is -2.98. The molecule has 1 atom stereocenters. The number of thioether (sulfide) groups is 1. The molecular weight excluding hydrogens is 339 g/mol. The maximum Gasteiger partial charge on any atom is 0.426 e. The van der Waals surface area contributed by atoms with Gasteiger partial charge in [-0.15, -0.1) is 11.8 Å². The normalized spacial score (nSPS) is 14.5. The Morgan fingerprint density at radius 3 is 2.55 bits per heavy atom. The van der Waals surface area contributed by atoms with Gasteiger partial charge < -0.3 is 10.4 Å². The van der Waals surface area contributed by atoms with Gasteiger partial charge in [-0.1, -0.05) is 24.9 Å². The van der Waals surface area contributed by atoms with Crippen LogP contribution in [0.4, 0.5) is 18.9 Å². The van der Waals surface area contributed by atoms with Crippen LogP contribution in [-0.4, -0.2) is 28.5 Å². The quantitative estimate of drug-likeness (QED) is 0.584. The van der Waals surface area contributed by atoms with Crippen LogP contribution in [0.5, 0.6) is 0 Å². The van der Waals surface area contributed by atoms with E-state index in [1.54, 1.807) is 23.9 Å². The highest BCUT2D eigenvalue weighted by Gasteiger charge is 2.55. The lowest BCUT2D eigenvalue weighted by atomic mass is 10.1. The predicted octanol–water partition coefficient (Wildman–Crippen LogP) is 4.48. The zero-order valence-electron chi connectivity index (χ0n) is 12.1. The van der Waals surface area contributed by atoms with Crippen LogP contribution in [0.15, 0.2) is 23.1 Å². The van der Waals surface area contributed by atoms with Gasteiger partial charge in [-0.25, -0.2) is 0 Å². The van der Waals surface area contributed by atoms with Gasteiger partial charge in [0, 0.05) is 4.90 Å². The molecule has 1 aromatic rings. The minimum atomic E-state index is -5.07. The van der Waals surface area contributed by atoms with Crippen molar-refractivity contribution < 1.29 is 23.1 Å². The highest BCUT2D eigenvalue weighted by atomic mass is 35.5. The van der Waals surface area contributed by atoms with Crippen molar-refractivity contribution in [3.05, 3.63) is 23.2 Å². The molecular formula is C14H17ClF3NO2S. The van der Waals surface area contributed by atoms with Crippen molar-refractivity contribution in [1.29, 1.82) is 0 Å². The molecule has 1 rings (SSSR count). The van der Waals surface area contributed by atoms with Crippen LogP contribution in [0.2, 0.25) is 5.02 Å². The molecule has 0 bridgehead atoms. The van der Waals surface area contributed by atoms with E-state index in [0.717, 1.165) is 23.5 Å².